The van der Waals surface area contributed by atoms with Crippen LogP contribution in [-0.2, 0) is 25.5 Å². The van der Waals surface area contributed by atoms with Gasteiger partial charge in [0.25, 0.3) is 5.56 Å². The van der Waals surface area contributed by atoms with Gasteiger partial charge in [-0.1, -0.05) is 18.7 Å². The van der Waals surface area contributed by atoms with Crippen molar-refractivity contribution in [2.24, 2.45) is 0 Å². The van der Waals surface area contributed by atoms with Crippen molar-refractivity contribution < 1.29 is 23.9 Å². The van der Waals surface area contributed by atoms with Gasteiger partial charge in [0, 0.05) is 11.8 Å². The van der Waals surface area contributed by atoms with Crippen LogP contribution in [0.4, 0.5) is 5.69 Å². The van der Waals surface area contributed by atoms with Crippen molar-refractivity contribution in [1.82, 2.24) is 9.97 Å². The number of esters is 2. The van der Waals surface area contributed by atoms with E-state index in [9.17, 15) is 19.2 Å². The zero-order chi connectivity index (χ0) is 21.2. The summed E-state index contributed by atoms with van der Waals surface area (Å²) in [4.78, 5) is 53.5. The largest absolute Gasteiger partial charge is 0.469 e. The van der Waals surface area contributed by atoms with Crippen LogP contribution in [0.3, 0.4) is 0 Å². The van der Waals surface area contributed by atoms with E-state index in [1.165, 1.54) is 13.2 Å². The summed E-state index contributed by atoms with van der Waals surface area (Å²) in [5.74, 6) is -1.26. The van der Waals surface area contributed by atoms with Crippen molar-refractivity contribution in [3.8, 4) is 0 Å². The number of anilines is 1. The van der Waals surface area contributed by atoms with E-state index in [1.807, 2.05) is 6.92 Å². The number of rotatable bonds is 9. The summed E-state index contributed by atoms with van der Waals surface area (Å²) in [6, 6.07) is 7.53. The van der Waals surface area contributed by atoms with Crippen LogP contribution in [0.2, 0.25) is 0 Å². The molecule has 0 bridgehead atoms. The van der Waals surface area contributed by atoms with E-state index < -0.39 is 17.5 Å². The van der Waals surface area contributed by atoms with E-state index in [1.54, 1.807) is 24.3 Å². The first kappa shape index (κ1) is 22.2. The number of carbonyl (C=O) groups is 3. The van der Waals surface area contributed by atoms with Crippen LogP contribution in [0.5, 0.6) is 0 Å². The lowest BCUT2D eigenvalue weighted by molar-refractivity contribution is -0.139. The molecular formula is C19H21N3O6S. The van der Waals surface area contributed by atoms with Crippen LogP contribution < -0.4 is 10.9 Å². The number of hydrogen-bond donors (Lipinski definition) is 2. The second-order valence-electron chi connectivity index (χ2n) is 5.84. The topological polar surface area (TPSA) is 127 Å². The first-order valence-corrected chi connectivity index (χ1v) is 9.76. The minimum Gasteiger partial charge on any atom is -0.469 e. The van der Waals surface area contributed by atoms with E-state index in [4.69, 9.17) is 4.74 Å². The lowest BCUT2D eigenvalue weighted by Crippen LogP contribution is -2.17. The molecule has 2 aromatic rings. The average Bonchev–Trinajstić information content (AvgIpc) is 2.70. The molecule has 2 N–H and O–H groups in total. The molecule has 1 amide bonds. The predicted molar refractivity (Wildman–Crippen MR) is 107 cm³/mol. The highest BCUT2D eigenvalue weighted by atomic mass is 32.2. The minimum atomic E-state index is -0.515. The van der Waals surface area contributed by atoms with Crippen LogP contribution in [-0.4, -0.2) is 47.3 Å². The Hall–Kier alpha value is -3.14. The maximum Gasteiger partial charge on any atom is 0.338 e. The molecule has 0 aliphatic rings. The van der Waals surface area contributed by atoms with Crippen molar-refractivity contribution in [3.63, 3.8) is 0 Å². The molecule has 0 radical (unpaired) electrons. The summed E-state index contributed by atoms with van der Waals surface area (Å²) >= 11 is 1.02. The third-order valence-electron chi connectivity index (χ3n) is 3.51. The smallest absolute Gasteiger partial charge is 0.338 e. The van der Waals surface area contributed by atoms with Crippen molar-refractivity contribution in [1.29, 1.82) is 0 Å². The van der Waals surface area contributed by atoms with Crippen molar-refractivity contribution in [3.05, 3.63) is 51.9 Å². The molecule has 0 atom stereocenters. The van der Waals surface area contributed by atoms with Gasteiger partial charge in [0.05, 0.1) is 37.1 Å². The molecule has 0 aliphatic heterocycles. The lowest BCUT2D eigenvalue weighted by Gasteiger charge is -2.07. The number of hydrogen-bond acceptors (Lipinski definition) is 8. The Balaban J connectivity index is 1.90. The zero-order valence-electron chi connectivity index (χ0n) is 16.0. The Morgan fingerprint density at radius 3 is 2.59 bits per heavy atom. The van der Waals surface area contributed by atoms with Crippen molar-refractivity contribution in [2.45, 2.75) is 24.9 Å². The molecule has 0 saturated heterocycles. The average molecular weight is 419 g/mol. The van der Waals surface area contributed by atoms with Gasteiger partial charge in [-0.3, -0.25) is 14.4 Å². The van der Waals surface area contributed by atoms with E-state index in [0.29, 0.717) is 17.9 Å². The molecule has 0 aliphatic carbocycles. The highest BCUT2D eigenvalue weighted by molar-refractivity contribution is 7.99. The van der Waals surface area contributed by atoms with E-state index in [-0.39, 0.29) is 28.9 Å². The molecule has 29 heavy (non-hydrogen) atoms. The fraction of sp³-hybridized carbons (Fsp3) is 0.316. The molecule has 1 aromatic carbocycles. The van der Waals surface area contributed by atoms with Gasteiger partial charge in [-0.2, -0.15) is 0 Å². The number of methoxy groups -OCH3 is 1. The lowest BCUT2D eigenvalue weighted by atomic mass is 10.2. The van der Waals surface area contributed by atoms with Crippen molar-refractivity contribution in [2.75, 3.05) is 24.8 Å². The number of H-pyrrole nitrogens is 1. The first-order valence-electron chi connectivity index (χ1n) is 8.78. The molecule has 0 fully saturated rings. The Morgan fingerprint density at radius 2 is 1.93 bits per heavy atom. The molecule has 9 nitrogen and oxygen atoms in total. The summed E-state index contributed by atoms with van der Waals surface area (Å²) in [5, 5.41) is 2.91. The first-order chi connectivity index (χ1) is 13.9. The highest BCUT2D eigenvalue weighted by Crippen LogP contribution is 2.14. The Morgan fingerprint density at radius 1 is 1.21 bits per heavy atom. The van der Waals surface area contributed by atoms with E-state index in [2.05, 4.69) is 20.0 Å². The summed E-state index contributed by atoms with van der Waals surface area (Å²) < 4.78 is 9.59. The number of nitrogens with zero attached hydrogens (tertiary/aromatic N) is 1. The zero-order valence-corrected chi connectivity index (χ0v) is 16.8. The predicted octanol–water partition coefficient (Wildman–Crippen LogP) is 1.78. The number of thioether (sulfide) groups is 1. The summed E-state index contributed by atoms with van der Waals surface area (Å²) in [6.45, 7) is 2.26. The molecule has 154 valence electrons. The highest BCUT2D eigenvalue weighted by Gasteiger charge is 2.11. The summed E-state index contributed by atoms with van der Waals surface area (Å²) in [5.41, 5.74) is 0.750. The number of ether oxygens (including phenoxy) is 2. The van der Waals surface area contributed by atoms with Crippen LogP contribution in [0, 0.1) is 0 Å². The normalized spacial score (nSPS) is 10.3. The van der Waals surface area contributed by atoms with Crippen LogP contribution in [0.15, 0.2) is 40.3 Å². The number of carbonyl (C=O) groups excluding carboxylic acids is 3. The van der Waals surface area contributed by atoms with Crippen molar-refractivity contribution >= 4 is 35.3 Å². The van der Waals surface area contributed by atoms with Gasteiger partial charge in [-0.05, 0) is 30.7 Å². The van der Waals surface area contributed by atoms with Gasteiger partial charge in [-0.15, -0.1) is 0 Å². The molecule has 0 saturated carbocycles. The fourth-order valence-electron chi connectivity index (χ4n) is 2.16. The molecular weight excluding hydrogens is 398 g/mol. The summed E-state index contributed by atoms with van der Waals surface area (Å²) in [7, 11) is 1.25. The van der Waals surface area contributed by atoms with Crippen LogP contribution >= 0.6 is 11.8 Å². The Bertz CT molecular complexity index is 926. The Kier molecular flexibility index (Phi) is 8.41. The second-order valence-corrected chi connectivity index (χ2v) is 6.81. The Labute approximate surface area is 171 Å². The van der Waals surface area contributed by atoms with E-state index in [0.717, 1.165) is 18.2 Å². The summed E-state index contributed by atoms with van der Waals surface area (Å²) in [6.07, 6.45) is 0.608. The SMILES string of the molecule is CCCOC(=O)c1ccc(NC(=O)CSc2nc(CC(=O)OC)cc(=O)[nH]2)cc1. The molecule has 2 rings (SSSR count). The fourth-order valence-corrected chi connectivity index (χ4v) is 2.86. The molecule has 10 heteroatoms. The molecule has 1 heterocycles. The molecule has 0 spiro atoms. The second kappa shape index (κ2) is 11.0. The van der Waals surface area contributed by atoms with Gasteiger partial charge in [-0.25, -0.2) is 9.78 Å². The van der Waals surface area contributed by atoms with Gasteiger partial charge >= 0.3 is 11.9 Å². The van der Waals surface area contributed by atoms with Crippen LogP contribution in [0.25, 0.3) is 0 Å². The van der Waals surface area contributed by atoms with E-state index >= 15 is 0 Å². The molecule has 0 unspecified atom stereocenters. The maximum absolute atomic E-state index is 12.1. The van der Waals surface area contributed by atoms with Gasteiger partial charge in [0.2, 0.25) is 5.91 Å². The van der Waals surface area contributed by atoms with Gasteiger partial charge in [0.15, 0.2) is 5.16 Å². The van der Waals surface area contributed by atoms with Gasteiger partial charge < -0.3 is 19.8 Å². The third-order valence-corrected chi connectivity index (χ3v) is 4.38. The monoisotopic (exact) mass is 419 g/mol. The number of nitrogens with one attached hydrogen (secondary N) is 2. The third kappa shape index (κ3) is 7.41. The number of aromatic amines is 1. The van der Waals surface area contributed by atoms with Gasteiger partial charge in [0.1, 0.15) is 0 Å². The van der Waals surface area contributed by atoms with Crippen LogP contribution in [0.1, 0.15) is 29.4 Å². The number of benzene rings is 1. The molecule has 1 aromatic heterocycles. The number of aromatic nitrogens is 2. The maximum atomic E-state index is 12.1. The number of amides is 1. The minimum absolute atomic E-state index is 0.00902. The quantitative estimate of drug-likeness (QED) is 0.358. The standard InChI is InChI=1S/C19H21N3O6S/c1-3-8-28-18(26)12-4-6-13(7-5-12)20-16(24)11-29-19-21-14(9-15(23)22-19)10-17(25)27-2/h4-7,9H,3,8,10-11H2,1-2H3,(H,20,24)(H,21,22,23).